The van der Waals surface area contributed by atoms with Gasteiger partial charge in [0.1, 0.15) is 0 Å². The smallest absolute Gasteiger partial charge is 0.198 e. The lowest BCUT2D eigenvalue weighted by atomic mass is 9.77. The van der Waals surface area contributed by atoms with E-state index >= 15 is 0 Å². The standard InChI is InChI=1S/C24H30F2S/c1-2-3-4-7-18-10-12-19(13-11-18)20-14-16-21(17-15-20)22-8-5-6-9-23(22)27-24(25)26/h5-6,8-9,14-19,24H,2-4,7,10-13H2,1H3. The van der Waals surface area contributed by atoms with Crippen molar-refractivity contribution in [3.05, 3.63) is 54.1 Å². The topological polar surface area (TPSA) is 0 Å². The molecule has 1 fully saturated rings. The number of unbranched alkanes of at least 4 members (excludes halogenated alkanes) is 2. The van der Waals surface area contributed by atoms with Crippen molar-refractivity contribution in [3.63, 3.8) is 0 Å². The van der Waals surface area contributed by atoms with E-state index in [0.717, 1.165) is 17.0 Å². The Morgan fingerprint density at radius 2 is 1.63 bits per heavy atom. The van der Waals surface area contributed by atoms with Crippen LogP contribution in [0.25, 0.3) is 11.1 Å². The van der Waals surface area contributed by atoms with Gasteiger partial charge in [-0.1, -0.05) is 86.8 Å². The fourth-order valence-corrected chi connectivity index (χ4v) is 4.97. The van der Waals surface area contributed by atoms with Gasteiger partial charge >= 0.3 is 0 Å². The molecular weight excluding hydrogens is 358 g/mol. The van der Waals surface area contributed by atoms with Gasteiger partial charge in [-0.2, -0.15) is 8.78 Å². The third-order valence-electron chi connectivity index (χ3n) is 5.86. The first-order valence-electron chi connectivity index (χ1n) is 10.3. The molecule has 2 aromatic rings. The normalized spacial score (nSPS) is 20.1. The quantitative estimate of drug-likeness (QED) is 0.322. The van der Waals surface area contributed by atoms with E-state index in [1.165, 1.54) is 56.9 Å². The highest BCUT2D eigenvalue weighted by atomic mass is 32.2. The van der Waals surface area contributed by atoms with Crippen LogP contribution in [0.4, 0.5) is 8.78 Å². The Labute approximate surface area is 166 Å². The van der Waals surface area contributed by atoms with Crippen molar-refractivity contribution in [2.45, 2.75) is 74.9 Å². The van der Waals surface area contributed by atoms with Crippen LogP contribution in [0.1, 0.15) is 69.8 Å². The SMILES string of the molecule is CCCCCC1CCC(c2ccc(-c3ccccc3SC(F)F)cc2)CC1. The molecule has 1 aliphatic rings. The Balaban J connectivity index is 1.62. The summed E-state index contributed by atoms with van der Waals surface area (Å²) in [5.41, 5.74) is 3.33. The molecule has 0 nitrogen and oxygen atoms in total. The summed E-state index contributed by atoms with van der Waals surface area (Å²) in [4.78, 5) is 0.646. The molecule has 0 bridgehead atoms. The number of benzene rings is 2. The average molecular weight is 389 g/mol. The lowest BCUT2D eigenvalue weighted by molar-refractivity contribution is 0.252. The Kier molecular flexibility index (Phi) is 7.75. The molecule has 0 spiro atoms. The Hall–Kier alpha value is -1.35. The van der Waals surface area contributed by atoms with E-state index in [1.807, 2.05) is 18.2 Å². The summed E-state index contributed by atoms with van der Waals surface area (Å²) in [6.07, 6.45) is 10.7. The van der Waals surface area contributed by atoms with Gasteiger partial charge < -0.3 is 0 Å². The first-order chi connectivity index (χ1) is 13.2. The highest BCUT2D eigenvalue weighted by Crippen LogP contribution is 2.39. The van der Waals surface area contributed by atoms with Crippen LogP contribution in [0.2, 0.25) is 0 Å². The zero-order valence-electron chi connectivity index (χ0n) is 16.2. The first-order valence-corrected chi connectivity index (χ1v) is 11.2. The Morgan fingerprint density at radius 1 is 0.926 bits per heavy atom. The molecule has 27 heavy (non-hydrogen) atoms. The maximum atomic E-state index is 12.8. The number of halogens is 2. The van der Waals surface area contributed by atoms with E-state index < -0.39 is 5.76 Å². The predicted octanol–water partition coefficient (Wildman–Crippen LogP) is 8.52. The number of hydrogen-bond acceptors (Lipinski definition) is 1. The van der Waals surface area contributed by atoms with E-state index in [4.69, 9.17) is 0 Å². The van der Waals surface area contributed by atoms with E-state index in [1.54, 1.807) is 6.07 Å². The van der Waals surface area contributed by atoms with Crippen molar-refractivity contribution < 1.29 is 8.78 Å². The zero-order chi connectivity index (χ0) is 19.1. The van der Waals surface area contributed by atoms with Crippen LogP contribution in [0.5, 0.6) is 0 Å². The summed E-state index contributed by atoms with van der Waals surface area (Å²) in [5.74, 6) is -0.810. The molecule has 0 heterocycles. The maximum Gasteiger partial charge on any atom is 0.288 e. The summed E-state index contributed by atoms with van der Waals surface area (Å²) >= 11 is 0.627. The molecule has 0 radical (unpaired) electrons. The van der Waals surface area contributed by atoms with Gasteiger partial charge in [0, 0.05) is 4.90 Å². The molecule has 3 heteroatoms. The number of alkyl halides is 2. The fourth-order valence-electron chi connectivity index (χ4n) is 4.31. The number of thioether (sulfide) groups is 1. The van der Waals surface area contributed by atoms with E-state index in [2.05, 4.69) is 31.2 Å². The summed E-state index contributed by atoms with van der Waals surface area (Å²) in [6.45, 7) is 2.27. The molecule has 1 aliphatic carbocycles. The Morgan fingerprint density at radius 3 is 2.30 bits per heavy atom. The summed E-state index contributed by atoms with van der Waals surface area (Å²) < 4.78 is 25.6. The lowest BCUT2D eigenvalue weighted by Gasteiger charge is -2.29. The van der Waals surface area contributed by atoms with Crippen LogP contribution in [0.3, 0.4) is 0 Å². The molecule has 2 aromatic carbocycles. The second-order valence-corrected chi connectivity index (χ2v) is 8.74. The van der Waals surface area contributed by atoms with Gasteiger partial charge in [-0.25, -0.2) is 0 Å². The van der Waals surface area contributed by atoms with Crippen molar-refractivity contribution in [3.8, 4) is 11.1 Å². The molecule has 1 saturated carbocycles. The average Bonchev–Trinajstić information content (AvgIpc) is 2.69. The molecular formula is C24H30F2S. The van der Waals surface area contributed by atoms with Gasteiger partial charge in [0.25, 0.3) is 5.76 Å². The van der Waals surface area contributed by atoms with E-state index in [0.29, 0.717) is 22.6 Å². The van der Waals surface area contributed by atoms with Crippen molar-refractivity contribution in [1.82, 2.24) is 0 Å². The van der Waals surface area contributed by atoms with Gasteiger partial charge in [0.05, 0.1) is 0 Å². The molecule has 0 unspecified atom stereocenters. The second kappa shape index (κ2) is 10.3. The molecule has 0 saturated heterocycles. The highest BCUT2D eigenvalue weighted by molar-refractivity contribution is 7.99. The van der Waals surface area contributed by atoms with Gasteiger partial charge in [-0.3, -0.25) is 0 Å². The van der Waals surface area contributed by atoms with Gasteiger partial charge in [-0.05, 0) is 60.3 Å². The first kappa shape index (κ1) is 20.4. The van der Waals surface area contributed by atoms with Crippen LogP contribution in [0, 0.1) is 5.92 Å². The molecule has 0 N–H and O–H groups in total. The minimum absolute atomic E-state index is 0.627. The second-order valence-electron chi connectivity index (χ2n) is 7.71. The van der Waals surface area contributed by atoms with Gasteiger partial charge in [-0.15, -0.1) is 0 Å². The van der Waals surface area contributed by atoms with Crippen LogP contribution in [0.15, 0.2) is 53.4 Å². The monoisotopic (exact) mass is 388 g/mol. The van der Waals surface area contributed by atoms with Crippen molar-refractivity contribution in [2.24, 2.45) is 5.92 Å². The van der Waals surface area contributed by atoms with Gasteiger partial charge in [0.15, 0.2) is 0 Å². The highest BCUT2D eigenvalue weighted by Gasteiger charge is 2.22. The summed E-state index contributed by atoms with van der Waals surface area (Å²) in [5, 5.41) is 0. The maximum absolute atomic E-state index is 12.8. The zero-order valence-corrected chi connectivity index (χ0v) is 17.0. The fraction of sp³-hybridized carbons (Fsp3) is 0.500. The number of rotatable bonds is 8. The van der Waals surface area contributed by atoms with E-state index in [-0.39, 0.29) is 0 Å². The molecule has 0 atom stereocenters. The van der Waals surface area contributed by atoms with Gasteiger partial charge in [0.2, 0.25) is 0 Å². The van der Waals surface area contributed by atoms with Crippen LogP contribution in [-0.2, 0) is 0 Å². The molecule has 0 aromatic heterocycles. The third kappa shape index (κ3) is 5.81. The molecule has 3 rings (SSSR count). The Bertz CT molecular complexity index is 688. The van der Waals surface area contributed by atoms with Crippen LogP contribution < -0.4 is 0 Å². The summed E-state index contributed by atoms with van der Waals surface area (Å²) in [7, 11) is 0. The van der Waals surface area contributed by atoms with Crippen molar-refractivity contribution in [2.75, 3.05) is 0 Å². The van der Waals surface area contributed by atoms with Crippen molar-refractivity contribution >= 4 is 11.8 Å². The minimum Gasteiger partial charge on any atom is -0.198 e. The third-order valence-corrected chi connectivity index (χ3v) is 6.65. The van der Waals surface area contributed by atoms with Crippen molar-refractivity contribution in [1.29, 1.82) is 0 Å². The van der Waals surface area contributed by atoms with E-state index in [9.17, 15) is 8.78 Å². The summed E-state index contributed by atoms with van der Waals surface area (Å²) in [6, 6.07) is 16.1. The largest absolute Gasteiger partial charge is 0.288 e. The predicted molar refractivity (Wildman–Crippen MR) is 113 cm³/mol. The molecule has 0 amide bonds. The van der Waals surface area contributed by atoms with Crippen LogP contribution >= 0.6 is 11.8 Å². The van der Waals surface area contributed by atoms with Crippen LogP contribution in [-0.4, -0.2) is 5.76 Å². The minimum atomic E-state index is -2.39. The molecule has 146 valence electrons. The number of hydrogen-bond donors (Lipinski definition) is 0. The lowest BCUT2D eigenvalue weighted by Crippen LogP contribution is -2.13. The molecule has 0 aliphatic heterocycles.